The van der Waals surface area contributed by atoms with Gasteiger partial charge in [-0.1, -0.05) is 35.3 Å². The van der Waals surface area contributed by atoms with Crippen LogP contribution in [0.5, 0.6) is 5.75 Å². The van der Waals surface area contributed by atoms with E-state index in [4.69, 9.17) is 32.4 Å². The van der Waals surface area contributed by atoms with Crippen molar-refractivity contribution < 1.29 is 18.7 Å². The van der Waals surface area contributed by atoms with Crippen molar-refractivity contribution in [1.82, 2.24) is 5.43 Å². The summed E-state index contributed by atoms with van der Waals surface area (Å²) in [5.41, 5.74) is 5.45. The fourth-order valence-corrected chi connectivity index (χ4v) is 4.37. The highest BCUT2D eigenvalue weighted by Crippen LogP contribution is 2.31. The molecular formula is C25H23Cl2N3O4. The average molecular weight is 500 g/mol. The van der Waals surface area contributed by atoms with E-state index < -0.39 is 5.91 Å². The number of para-hydroxylation sites is 2. The molecule has 1 heterocycles. The molecule has 4 rings (SSSR count). The molecule has 0 atom stereocenters. The Labute approximate surface area is 207 Å². The van der Waals surface area contributed by atoms with Gasteiger partial charge < -0.3 is 14.5 Å². The normalized spacial score (nSPS) is 13.9. The van der Waals surface area contributed by atoms with Crippen molar-refractivity contribution in [3.05, 3.63) is 80.7 Å². The molecule has 7 nitrogen and oxygen atoms in total. The smallest absolute Gasteiger partial charge is 0.291 e. The number of anilines is 1. The Morgan fingerprint density at radius 1 is 1.12 bits per heavy atom. The zero-order valence-corrected chi connectivity index (χ0v) is 20.2. The van der Waals surface area contributed by atoms with Crippen LogP contribution in [0.1, 0.15) is 57.6 Å². The highest BCUT2D eigenvalue weighted by atomic mass is 35.5. The molecule has 0 aliphatic heterocycles. The van der Waals surface area contributed by atoms with Gasteiger partial charge in [0, 0.05) is 22.6 Å². The summed E-state index contributed by atoms with van der Waals surface area (Å²) in [7, 11) is 0. The Kier molecular flexibility index (Phi) is 7.24. The van der Waals surface area contributed by atoms with E-state index in [1.807, 2.05) is 26.0 Å². The molecule has 2 amide bonds. The maximum atomic E-state index is 13.0. The summed E-state index contributed by atoms with van der Waals surface area (Å²) in [6, 6.07) is 11.8. The first kappa shape index (κ1) is 23.9. The molecule has 1 aromatic heterocycles. The average Bonchev–Trinajstić information content (AvgIpc) is 3.16. The minimum Gasteiger partial charge on any atom is -0.492 e. The fraction of sp³-hybridized carbons (Fsp3) is 0.240. The number of carbonyl (C=O) groups excluding carboxylic acids is 2. The molecule has 1 aliphatic rings. The summed E-state index contributed by atoms with van der Waals surface area (Å²) in [5, 5.41) is 7.88. The first-order valence-electron chi connectivity index (χ1n) is 10.9. The molecule has 0 fully saturated rings. The van der Waals surface area contributed by atoms with E-state index in [2.05, 4.69) is 15.8 Å². The van der Waals surface area contributed by atoms with Crippen molar-refractivity contribution >= 4 is 46.4 Å². The summed E-state index contributed by atoms with van der Waals surface area (Å²) in [5.74, 6) is 0.629. The molecule has 2 N–H and O–H groups in total. The van der Waals surface area contributed by atoms with Crippen molar-refractivity contribution in [1.29, 1.82) is 0 Å². The number of hydrogen-bond donors (Lipinski definition) is 2. The van der Waals surface area contributed by atoms with Gasteiger partial charge in [-0.05, 0) is 57.0 Å². The first-order chi connectivity index (χ1) is 16.4. The van der Waals surface area contributed by atoms with Gasteiger partial charge >= 0.3 is 0 Å². The van der Waals surface area contributed by atoms with Crippen molar-refractivity contribution in [3.8, 4) is 5.75 Å². The van der Waals surface area contributed by atoms with Crippen LogP contribution in [0.2, 0.25) is 10.0 Å². The number of nitrogens with zero attached hydrogens (tertiary/aromatic N) is 1. The summed E-state index contributed by atoms with van der Waals surface area (Å²) in [6.45, 7) is 4.17. The lowest BCUT2D eigenvalue weighted by molar-refractivity contribution is 0.0953. The molecule has 0 saturated heterocycles. The van der Waals surface area contributed by atoms with Crippen LogP contribution in [0.4, 0.5) is 5.69 Å². The summed E-state index contributed by atoms with van der Waals surface area (Å²) in [4.78, 5) is 25.6. The summed E-state index contributed by atoms with van der Waals surface area (Å²) >= 11 is 12.0. The van der Waals surface area contributed by atoms with Gasteiger partial charge in [-0.3, -0.25) is 9.59 Å². The van der Waals surface area contributed by atoms with E-state index >= 15 is 0 Å². The lowest BCUT2D eigenvalue weighted by Gasteiger charge is -2.13. The lowest BCUT2D eigenvalue weighted by Crippen LogP contribution is -2.22. The highest BCUT2D eigenvalue weighted by Gasteiger charge is 2.28. The van der Waals surface area contributed by atoms with Crippen molar-refractivity contribution in [2.75, 3.05) is 11.9 Å². The molecule has 3 aromatic rings. The van der Waals surface area contributed by atoms with Gasteiger partial charge in [-0.15, -0.1) is 0 Å². The molecule has 2 aromatic carbocycles. The topological polar surface area (TPSA) is 92.9 Å². The van der Waals surface area contributed by atoms with E-state index in [0.29, 0.717) is 52.9 Å². The second kappa shape index (κ2) is 10.3. The number of hydrazone groups is 1. The molecule has 0 saturated carbocycles. The third-order valence-electron chi connectivity index (χ3n) is 5.44. The van der Waals surface area contributed by atoms with Crippen LogP contribution in [0, 0.1) is 6.92 Å². The quantitative estimate of drug-likeness (QED) is 0.405. The predicted octanol–water partition coefficient (Wildman–Crippen LogP) is 6.02. The number of rotatable bonds is 6. The Bertz CT molecular complexity index is 1280. The predicted molar refractivity (Wildman–Crippen MR) is 132 cm³/mol. The zero-order chi connectivity index (χ0) is 24.2. The van der Waals surface area contributed by atoms with Crippen LogP contribution in [0.25, 0.3) is 0 Å². The van der Waals surface area contributed by atoms with Gasteiger partial charge in [0.1, 0.15) is 11.5 Å². The highest BCUT2D eigenvalue weighted by molar-refractivity contribution is 6.36. The van der Waals surface area contributed by atoms with Gasteiger partial charge in [0.2, 0.25) is 0 Å². The van der Waals surface area contributed by atoms with Gasteiger partial charge in [0.25, 0.3) is 11.8 Å². The molecule has 9 heteroatoms. The van der Waals surface area contributed by atoms with Gasteiger partial charge in [-0.2, -0.15) is 5.10 Å². The SMILES string of the molecule is CCOc1ccccc1NC(=O)c1oc2c(c1C)/C(=N/NC(=O)c1ccc(Cl)cc1Cl)CCC2. The first-order valence-corrected chi connectivity index (χ1v) is 11.6. The second-order valence-electron chi connectivity index (χ2n) is 7.71. The summed E-state index contributed by atoms with van der Waals surface area (Å²) < 4.78 is 11.5. The standard InChI is InChI=1S/C25H23Cl2N3O4/c1-3-33-20-9-5-4-7-18(20)28-25(32)23-14(2)22-19(8-6-10-21(22)34-23)29-30-24(31)16-12-11-15(26)13-17(16)27/h4-5,7,9,11-13H,3,6,8,10H2,1-2H3,(H,28,32)(H,30,31)/b29-19+. The number of halogens is 2. The zero-order valence-electron chi connectivity index (χ0n) is 18.7. The number of benzene rings is 2. The Balaban J connectivity index is 1.57. The number of furan rings is 1. The number of amides is 2. The van der Waals surface area contributed by atoms with Gasteiger partial charge in [0.15, 0.2) is 5.76 Å². The Morgan fingerprint density at radius 2 is 1.91 bits per heavy atom. The lowest BCUT2D eigenvalue weighted by atomic mass is 9.93. The molecular weight excluding hydrogens is 477 g/mol. The Hall–Kier alpha value is -3.29. The van der Waals surface area contributed by atoms with Crippen molar-refractivity contribution in [3.63, 3.8) is 0 Å². The van der Waals surface area contributed by atoms with Crippen LogP contribution in [-0.2, 0) is 6.42 Å². The number of aryl methyl sites for hydroxylation is 1. The van der Waals surface area contributed by atoms with E-state index in [-0.39, 0.29) is 22.3 Å². The minimum absolute atomic E-state index is 0.206. The second-order valence-corrected chi connectivity index (χ2v) is 8.56. The fourth-order valence-electron chi connectivity index (χ4n) is 3.88. The van der Waals surface area contributed by atoms with Crippen LogP contribution in [0.15, 0.2) is 52.0 Å². The van der Waals surface area contributed by atoms with Crippen molar-refractivity contribution in [2.45, 2.75) is 33.1 Å². The van der Waals surface area contributed by atoms with Gasteiger partial charge in [-0.25, -0.2) is 5.43 Å². The van der Waals surface area contributed by atoms with Crippen molar-refractivity contribution in [2.24, 2.45) is 5.10 Å². The number of fused-ring (bicyclic) bond motifs is 1. The molecule has 176 valence electrons. The van der Waals surface area contributed by atoms with E-state index in [1.54, 1.807) is 18.2 Å². The van der Waals surface area contributed by atoms with E-state index in [1.165, 1.54) is 12.1 Å². The van der Waals surface area contributed by atoms with Crippen LogP contribution in [-0.4, -0.2) is 24.1 Å². The molecule has 0 bridgehead atoms. The molecule has 34 heavy (non-hydrogen) atoms. The number of nitrogens with one attached hydrogen (secondary N) is 2. The number of hydrogen-bond acceptors (Lipinski definition) is 5. The monoisotopic (exact) mass is 499 g/mol. The van der Waals surface area contributed by atoms with E-state index in [0.717, 1.165) is 12.0 Å². The number of carbonyl (C=O) groups is 2. The Morgan fingerprint density at radius 3 is 2.68 bits per heavy atom. The third kappa shape index (κ3) is 4.95. The minimum atomic E-state index is -0.451. The van der Waals surface area contributed by atoms with Gasteiger partial charge in [0.05, 0.1) is 28.6 Å². The number of ether oxygens (including phenoxy) is 1. The molecule has 0 spiro atoms. The molecule has 0 unspecified atom stereocenters. The van der Waals surface area contributed by atoms with Crippen LogP contribution >= 0.6 is 23.2 Å². The maximum Gasteiger partial charge on any atom is 0.291 e. The largest absolute Gasteiger partial charge is 0.492 e. The summed E-state index contributed by atoms with van der Waals surface area (Å²) in [6.07, 6.45) is 2.09. The maximum absolute atomic E-state index is 13.0. The van der Waals surface area contributed by atoms with E-state index in [9.17, 15) is 9.59 Å². The molecule has 1 aliphatic carbocycles. The molecule has 0 radical (unpaired) electrons. The third-order valence-corrected chi connectivity index (χ3v) is 5.98. The van der Waals surface area contributed by atoms with Crippen LogP contribution < -0.4 is 15.5 Å². The van der Waals surface area contributed by atoms with Crippen LogP contribution in [0.3, 0.4) is 0 Å².